The molecular formula is C12H13F3O3. The first kappa shape index (κ1) is 14.5. The molecule has 0 fully saturated rings. The van der Waals surface area contributed by atoms with Gasteiger partial charge in [-0.3, -0.25) is 0 Å². The molecule has 0 bridgehead atoms. The lowest BCUT2D eigenvalue weighted by Crippen LogP contribution is -2.26. The van der Waals surface area contributed by atoms with Crippen molar-refractivity contribution in [2.75, 3.05) is 14.2 Å². The molecular weight excluding hydrogens is 249 g/mol. The average Bonchev–Trinajstić information content (AvgIpc) is 2.34. The second-order valence-electron chi connectivity index (χ2n) is 3.65. The molecule has 0 aliphatic heterocycles. The average molecular weight is 262 g/mol. The Morgan fingerprint density at radius 2 is 2.00 bits per heavy atom. The maximum atomic E-state index is 12.5. The minimum atomic E-state index is -4.40. The van der Waals surface area contributed by atoms with E-state index in [-0.39, 0.29) is 6.42 Å². The maximum absolute atomic E-state index is 12.5. The molecule has 1 atom stereocenters. The fraction of sp³-hybridized carbons (Fsp3) is 0.417. The van der Waals surface area contributed by atoms with Gasteiger partial charge in [0.1, 0.15) is 0 Å². The molecule has 1 unspecified atom stereocenters. The van der Waals surface area contributed by atoms with Crippen LogP contribution in [0.1, 0.15) is 11.1 Å². The van der Waals surface area contributed by atoms with Crippen LogP contribution in [0.15, 0.2) is 24.3 Å². The Hall–Kier alpha value is -1.56. The summed E-state index contributed by atoms with van der Waals surface area (Å²) in [6, 6.07) is 4.77. The van der Waals surface area contributed by atoms with Crippen LogP contribution in [0.2, 0.25) is 0 Å². The Balaban J connectivity index is 2.88. The normalized spacial score (nSPS) is 13.2. The van der Waals surface area contributed by atoms with Gasteiger partial charge < -0.3 is 9.47 Å². The predicted molar refractivity (Wildman–Crippen MR) is 58.0 cm³/mol. The minimum Gasteiger partial charge on any atom is -0.467 e. The Morgan fingerprint density at radius 1 is 1.33 bits per heavy atom. The van der Waals surface area contributed by atoms with Gasteiger partial charge in [0.05, 0.1) is 12.7 Å². The smallest absolute Gasteiger partial charge is 0.416 e. The lowest BCUT2D eigenvalue weighted by molar-refractivity contribution is -0.152. The van der Waals surface area contributed by atoms with Gasteiger partial charge in [-0.05, 0) is 11.6 Å². The molecule has 100 valence electrons. The molecule has 0 spiro atoms. The van der Waals surface area contributed by atoms with E-state index in [2.05, 4.69) is 4.74 Å². The van der Waals surface area contributed by atoms with Crippen molar-refractivity contribution in [2.45, 2.75) is 18.7 Å². The molecule has 0 amide bonds. The van der Waals surface area contributed by atoms with Crippen LogP contribution in [0.25, 0.3) is 0 Å². The van der Waals surface area contributed by atoms with Crippen molar-refractivity contribution >= 4 is 5.97 Å². The lowest BCUT2D eigenvalue weighted by Gasteiger charge is -2.14. The van der Waals surface area contributed by atoms with Gasteiger partial charge in [-0.15, -0.1) is 0 Å². The first-order valence-electron chi connectivity index (χ1n) is 5.15. The molecule has 1 aromatic rings. The summed E-state index contributed by atoms with van der Waals surface area (Å²) in [6.45, 7) is 0. The van der Waals surface area contributed by atoms with E-state index in [1.807, 2.05) is 0 Å². The van der Waals surface area contributed by atoms with Crippen LogP contribution >= 0.6 is 0 Å². The Bertz CT molecular complexity index is 415. The van der Waals surface area contributed by atoms with E-state index in [0.717, 1.165) is 12.1 Å². The quantitative estimate of drug-likeness (QED) is 0.782. The third-order valence-electron chi connectivity index (χ3n) is 2.42. The summed E-state index contributed by atoms with van der Waals surface area (Å²) in [5.41, 5.74) is -0.387. The van der Waals surface area contributed by atoms with Gasteiger partial charge in [0.25, 0.3) is 0 Å². The molecule has 0 aliphatic rings. The van der Waals surface area contributed by atoms with Gasteiger partial charge in [0.15, 0.2) is 6.10 Å². The Labute approximate surface area is 103 Å². The number of rotatable bonds is 4. The molecule has 0 saturated heterocycles. The summed E-state index contributed by atoms with van der Waals surface area (Å²) >= 11 is 0. The van der Waals surface area contributed by atoms with Crippen molar-refractivity contribution < 1.29 is 27.4 Å². The van der Waals surface area contributed by atoms with Crippen LogP contribution in [0, 0.1) is 0 Å². The van der Waals surface area contributed by atoms with Crippen LogP contribution in [0.5, 0.6) is 0 Å². The van der Waals surface area contributed by atoms with E-state index in [1.54, 1.807) is 0 Å². The van der Waals surface area contributed by atoms with Crippen LogP contribution in [0.3, 0.4) is 0 Å². The first-order chi connectivity index (χ1) is 8.38. The van der Waals surface area contributed by atoms with Crippen molar-refractivity contribution in [3.63, 3.8) is 0 Å². The molecule has 0 saturated carbocycles. The van der Waals surface area contributed by atoms with Crippen molar-refractivity contribution in [2.24, 2.45) is 0 Å². The fourth-order valence-electron chi connectivity index (χ4n) is 1.48. The van der Waals surface area contributed by atoms with E-state index < -0.39 is 23.8 Å². The summed E-state index contributed by atoms with van der Waals surface area (Å²) in [7, 11) is 2.50. The minimum absolute atomic E-state index is 0.0348. The molecule has 0 aromatic heterocycles. The SMILES string of the molecule is COC(=O)C(Cc1cccc(C(F)(F)F)c1)OC. The van der Waals surface area contributed by atoms with Crippen LogP contribution in [-0.2, 0) is 26.9 Å². The number of carbonyl (C=O) groups is 1. The number of benzene rings is 1. The summed E-state index contributed by atoms with van der Waals surface area (Å²) in [5, 5.41) is 0. The molecule has 1 rings (SSSR count). The standard InChI is InChI=1S/C12H13F3O3/c1-17-10(11(16)18-2)7-8-4-3-5-9(6-8)12(13,14)15/h3-6,10H,7H2,1-2H3. The van der Waals surface area contributed by atoms with E-state index >= 15 is 0 Å². The maximum Gasteiger partial charge on any atom is 0.416 e. The zero-order chi connectivity index (χ0) is 13.8. The largest absolute Gasteiger partial charge is 0.467 e. The second-order valence-corrected chi connectivity index (χ2v) is 3.65. The van der Waals surface area contributed by atoms with Gasteiger partial charge in [-0.2, -0.15) is 13.2 Å². The zero-order valence-corrected chi connectivity index (χ0v) is 9.95. The molecule has 0 aliphatic carbocycles. The third kappa shape index (κ3) is 3.73. The van der Waals surface area contributed by atoms with E-state index in [4.69, 9.17) is 4.74 Å². The number of esters is 1. The Morgan fingerprint density at radius 3 is 2.50 bits per heavy atom. The van der Waals surface area contributed by atoms with Crippen LogP contribution in [0.4, 0.5) is 13.2 Å². The van der Waals surface area contributed by atoms with Gasteiger partial charge >= 0.3 is 12.1 Å². The van der Waals surface area contributed by atoms with E-state index in [0.29, 0.717) is 5.56 Å². The number of ether oxygens (including phenoxy) is 2. The number of carbonyl (C=O) groups excluding carboxylic acids is 1. The highest BCUT2D eigenvalue weighted by atomic mass is 19.4. The van der Waals surface area contributed by atoms with Gasteiger partial charge in [0.2, 0.25) is 0 Å². The molecule has 0 radical (unpaired) electrons. The number of halogens is 3. The predicted octanol–water partition coefficient (Wildman–Crippen LogP) is 2.44. The third-order valence-corrected chi connectivity index (χ3v) is 2.42. The summed E-state index contributed by atoms with van der Waals surface area (Å²) in [6.07, 6.45) is -5.27. The highest BCUT2D eigenvalue weighted by Gasteiger charge is 2.30. The molecule has 0 heterocycles. The van der Waals surface area contributed by atoms with Gasteiger partial charge in [-0.1, -0.05) is 18.2 Å². The monoisotopic (exact) mass is 262 g/mol. The number of methoxy groups -OCH3 is 2. The van der Waals surface area contributed by atoms with Crippen molar-refractivity contribution in [3.8, 4) is 0 Å². The number of alkyl halides is 3. The van der Waals surface area contributed by atoms with Crippen molar-refractivity contribution in [1.29, 1.82) is 0 Å². The van der Waals surface area contributed by atoms with Crippen LogP contribution < -0.4 is 0 Å². The Kier molecular flexibility index (Phi) is 4.72. The number of hydrogen-bond acceptors (Lipinski definition) is 3. The molecule has 6 heteroatoms. The second kappa shape index (κ2) is 5.86. The van der Waals surface area contributed by atoms with Gasteiger partial charge in [-0.25, -0.2) is 4.79 Å². The summed E-state index contributed by atoms with van der Waals surface area (Å²) in [4.78, 5) is 11.3. The summed E-state index contributed by atoms with van der Waals surface area (Å²) in [5.74, 6) is -0.616. The lowest BCUT2D eigenvalue weighted by atomic mass is 10.0. The molecule has 0 N–H and O–H groups in total. The number of hydrogen-bond donors (Lipinski definition) is 0. The highest BCUT2D eigenvalue weighted by molar-refractivity contribution is 5.74. The molecule has 18 heavy (non-hydrogen) atoms. The van der Waals surface area contributed by atoms with E-state index in [9.17, 15) is 18.0 Å². The van der Waals surface area contributed by atoms with Crippen molar-refractivity contribution in [3.05, 3.63) is 35.4 Å². The zero-order valence-electron chi connectivity index (χ0n) is 9.95. The fourth-order valence-corrected chi connectivity index (χ4v) is 1.48. The van der Waals surface area contributed by atoms with Gasteiger partial charge in [0, 0.05) is 13.5 Å². The molecule has 1 aromatic carbocycles. The first-order valence-corrected chi connectivity index (χ1v) is 5.15. The van der Waals surface area contributed by atoms with E-state index in [1.165, 1.54) is 26.4 Å². The molecule has 3 nitrogen and oxygen atoms in total. The topological polar surface area (TPSA) is 35.5 Å². The summed E-state index contributed by atoms with van der Waals surface area (Å²) < 4.78 is 46.8. The van der Waals surface area contributed by atoms with Crippen LogP contribution in [-0.4, -0.2) is 26.3 Å². The highest BCUT2D eigenvalue weighted by Crippen LogP contribution is 2.29. The van der Waals surface area contributed by atoms with Crippen molar-refractivity contribution in [1.82, 2.24) is 0 Å².